The summed E-state index contributed by atoms with van der Waals surface area (Å²) in [6, 6.07) is 14.5. The molecule has 1 N–H and O–H groups in total. The Morgan fingerprint density at radius 2 is 1.83 bits per heavy atom. The van der Waals surface area contributed by atoms with Crippen molar-refractivity contribution in [3.05, 3.63) is 64.9 Å². The number of H-pyrrole nitrogens is 1. The minimum absolute atomic E-state index is 0. The van der Waals surface area contributed by atoms with E-state index in [4.69, 9.17) is 11.6 Å². The van der Waals surface area contributed by atoms with Gasteiger partial charge in [-0.15, -0.1) is 12.4 Å². The number of aromatic amines is 1. The number of fused-ring (bicyclic) bond motifs is 2. The highest BCUT2D eigenvalue weighted by atomic mass is 35.5. The van der Waals surface area contributed by atoms with E-state index in [1.165, 1.54) is 22.1 Å². The number of nitrogens with zero attached hydrogens (tertiary/aromatic N) is 1. The molecule has 2 aromatic heterocycles. The van der Waals surface area contributed by atoms with Crippen LogP contribution in [0.25, 0.3) is 32.9 Å². The Labute approximate surface area is 145 Å². The summed E-state index contributed by atoms with van der Waals surface area (Å²) in [5, 5.41) is 3.01. The van der Waals surface area contributed by atoms with Gasteiger partial charge in [0.2, 0.25) is 0 Å². The molecule has 116 valence electrons. The fourth-order valence-electron chi connectivity index (χ4n) is 3.15. The van der Waals surface area contributed by atoms with E-state index in [2.05, 4.69) is 54.1 Å². The standard InChI is InChI=1S/C19H15ClN2.ClH/c1-11-6-7-17-15(10-11)18(12(2)22-17)13-8-9-21-19-14(13)4-3-5-16(19)20;/h3-10,22H,1-2H3;1H. The second-order valence-electron chi connectivity index (χ2n) is 5.67. The van der Waals surface area contributed by atoms with Gasteiger partial charge in [0.15, 0.2) is 0 Å². The third-order valence-corrected chi connectivity index (χ3v) is 4.44. The second-order valence-corrected chi connectivity index (χ2v) is 6.08. The summed E-state index contributed by atoms with van der Waals surface area (Å²) >= 11 is 6.30. The summed E-state index contributed by atoms with van der Waals surface area (Å²) in [5.41, 5.74) is 6.82. The minimum atomic E-state index is 0. The average molecular weight is 343 g/mol. The molecule has 2 aromatic carbocycles. The SMILES string of the molecule is Cc1ccc2[nH]c(C)c(-c3ccnc4c(Cl)cccc34)c2c1.Cl. The van der Waals surface area contributed by atoms with E-state index in [1.807, 2.05) is 18.3 Å². The number of nitrogens with one attached hydrogen (secondary N) is 1. The fourth-order valence-corrected chi connectivity index (χ4v) is 3.37. The Morgan fingerprint density at radius 3 is 2.65 bits per heavy atom. The zero-order valence-electron chi connectivity index (χ0n) is 12.9. The van der Waals surface area contributed by atoms with Crippen LogP contribution in [0.4, 0.5) is 0 Å². The maximum Gasteiger partial charge on any atom is 0.0894 e. The summed E-state index contributed by atoms with van der Waals surface area (Å²) in [7, 11) is 0. The van der Waals surface area contributed by atoms with Gasteiger partial charge in [-0.3, -0.25) is 4.98 Å². The van der Waals surface area contributed by atoms with Crippen LogP contribution >= 0.6 is 24.0 Å². The first-order valence-corrected chi connectivity index (χ1v) is 7.65. The number of benzene rings is 2. The molecule has 0 radical (unpaired) electrons. The van der Waals surface area contributed by atoms with E-state index in [-0.39, 0.29) is 12.4 Å². The van der Waals surface area contributed by atoms with Crippen molar-refractivity contribution in [2.45, 2.75) is 13.8 Å². The van der Waals surface area contributed by atoms with Gasteiger partial charge in [0, 0.05) is 33.7 Å². The van der Waals surface area contributed by atoms with Crippen LogP contribution in [0, 0.1) is 13.8 Å². The number of hydrogen-bond donors (Lipinski definition) is 1. The maximum atomic E-state index is 6.30. The van der Waals surface area contributed by atoms with Gasteiger partial charge < -0.3 is 4.98 Å². The van der Waals surface area contributed by atoms with Gasteiger partial charge in [0.1, 0.15) is 0 Å². The third-order valence-electron chi connectivity index (χ3n) is 4.13. The van der Waals surface area contributed by atoms with Gasteiger partial charge in [-0.1, -0.05) is 35.4 Å². The van der Waals surface area contributed by atoms with Gasteiger partial charge >= 0.3 is 0 Å². The number of aromatic nitrogens is 2. The Morgan fingerprint density at radius 1 is 1.00 bits per heavy atom. The highest BCUT2D eigenvalue weighted by molar-refractivity contribution is 6.35. The largest absolute Gasteiger partial charge is 0.358 e. The third kappa shape index (κ3) is 2.48. The summed E-state index contributed by atoms with van der Waals surface area (Å²) < 4.78 is 0. The van der Waals surface area contributed by atoms with E-state index in [9.17, 15) is 0 Å². The van der Waals surface area contributed by atoms with Crippen molar-refractivity contribution in [2.24, 2.45) is 0 Å². The molecule has 0 saturated carbocycles. The molecule has 0 aliphatic heterocycles. The first kappa shape index (κ1) is 15.9. The van der Waals surface area contributed by atoms with Crippen LogP contribution in [0.3, 0.4) is 0 Å². The van der Waals surface area contributed by atoms with Crippen molar-refractivity contribution >= 4 is 45.8 Å². The van der Waals surface area contributed by atoms with Gasteiger partial charge in [-0.2, -0.15) is 0 Å². The molecule has 0 aliphatic rings. The first-order valence-electron chi connectivity index (χ1n) is 7.27. The van der Waals surface area contributed by atoms with Crippen molar-refractivity contribution < 1.29 is 0 Å². The Kier molecular flexibility index (Phi) is 4.05. The van der Waals surface area contributed by atoms with Crippen molar-refractivity contribution in [2.75, 3.05) is 0 Å². The number of hydrogen-bond acceptors (Lipinski definition) is 1. The van der Waals surface area contributed by atoms with Crippen LogP contribution in [0.15, 0.2) is 48.7 Å². The lowest BCUT2D eigenvalue weighted by Crippen LogP contribution is -1.86. The number of para-hydroxylation sites is 1. The van der Waals surface area contributed by atoms with Gasteiger partial charge in [0.25, 0.3) is 0 Å². The zero-order valence-corrected chi connectivity index (χ0v) is 14.4. The fraction of sp³-hybridized carbons (Fsp3) is 0.105. The van der Waals surface area contributed by atoms with Crippen molar-refractivity contribution in [3.8, 4) is 11.1 Å². The molecule has 0 fully saturated rings. The molecule has 0 saturated heterocycles. The minimum Gasteiger partial charge on any atom is -0.358 e. The quantitative estimate of drug-likeness (QED) is 0.446. The molecule has 0 atom stereocenters. The molecule has 4 heteroatoms. The summed E-state index contributed by atoms with van der Waals surface area (Å²) in [6.45, 7) is 4.23. The summed E-state index contributed by atoms with van der Waals surface area (Å²) in [5.74, 6) is 0. The van der Waals surface area contributed by atoms with Gasteiger partial charge in [0.05, 0.1) is 10.5 Å². The predicted molar refractivity (Wildman–Crippen MR) is 101 cm³/mol. The van der Waals surface area contributed by atoms with Gasteiger partial charge in [-0.05, 0) is 43.7 Å². The predicted octanol–water partition coefficient (Wildman–Crippen LogP) is 6.08. The molecule has 2 nitrogen and oxygen atoms in total. The van der Waals surface area contributed by atoms with Crippen LogP contribution in [-0.4, -0.2) is 9.97 Å². The molecule has 0 unspecified atom stereocenters. The Balaban J connectivity index is 0.00000156. The lowest BCUT2D eigenvalue weighted by atomic mass is 9.98. The number of pyridine rings is 1. The zero-order chi connectivity index (χ0) is 15.3. The molecular weight excluding hydrogens is 327 g/mol. The average Bonchev–Trinajstić information content (AvgIpc) is 2.82. The lowest BCUT2D eigenvalue weighted by molar-refractivity contribution is 1.30. The Bertz CT molecular complexity index is 1020. The molecule has 0 spiro atoms. The molecule has 4 rings (SSSR count). The molecule has 0 aliphatic carbocycles. The Hall–Kier alpha value is -2.03. The van der Waals surface area contributed by atoms with E-state index in [0.717, 1.165) is 22.1 Å². The van der Waals surface area contributed by atoms with E-state index >= 15 is 0 Å². The van der Waals surface area contributed by atoms with Crippen LogP contribution in [0.5, 0.6) is 0 Å². The lowest BCUT2D eigenvalue weighted by Gasteiger charge is -2.08. The molecular formula is C19H16Cl2N2. The van der Waals surface area contributed by atoms with Crippen molar-refractivity contribution in [1.29, 1.82) is 0 Å². The highest BCUT2D eigenvalue weighted by Crippen LogP contribution is 2.37. The highest BCUT2D eigenvalue weighted by Gasteiger charge is 2.14. The number of rotatable bonds is 1. The second kappa shape index (κ2) is 5.88. The topological polar surface area (TPSA) is 28.7 Å². The van der Waals surface area contributed by atoms with Crippen LogP contribution < -0.4 is 0 Å². The van der Waals surface area contributed by atoms with Gasteiger partial charge in [-0.25, -0.2) is 0 Å². The molecule has 4 aromatic rings. The van der Waals surface area contributed by atoms with E-state index in [1.54, 1.807) is 0 Å². The normalized spacial score (nSPS) is 10.9. The maximum absolute atomic E-state index is 6.30. The van der Waals surface area contributed by atoms with E-state index < -0.39 is 0 Å². The monoisotopic (exact) mass is 342 g/mol. The molecule has 0 amide bonds. The summed E-state index contributed by atoms with van der Waals surface area (Å²) in [6.07, 6.45) is 1.83. The van der Waals surface area contributed by atoms with E-state index in [0.29, 0.717) is 5.02 Å². The van der Waals surface area contributed by atoms with Crippen molar-refractivity contribution in [3.63, 3.8) is 0 Å². The van der Waals surface area contributed by atoms with Crippen LogP contribution in [0.2, 0.25) is 5.02 Å². The molecule has 0 bridgehead atoms. The molecule has 23 heavy (non-hydrogen) atoms. The van der Waals surface area contributed by atoms with Crippen LogP contribution in [0.1, 0.15) is 11.3 Å². The summed E-state index contributed by atoms with van der Waals surface area (Å²) in [4.78, 5) is 7.92. The first-order chi connectivity index (χ1) is 10.6. The number of aryl methyl sites for hydroxylation is 2. The molecule has 2 heterocycles. The number of halogens is 2. The smallest absolute Gasteiger partial charge is 0.0894 e. The van der Waals surface area contributed by atoms with Crippen LogP contribution in [-0.2, 0) is 0 Å². The van der Waals surface area contributed by atoms with Crippen molar-refractivity contribution in [1.82, 2.24) is 9.97 Å².